The first-order valence-electron chi connectivity index (χ1n) is 9.00. The maximum atomic E-state index is 12.4. The minimum atomic E-state index is 0.00927. The molecule has 0 unspecified atom stereocenters. The predicted octanol–water partition coefficient (Wildman–Crippen LogP) is -1.25. The Bertz CT molecular complexity index is 393. The quantitative estimate of drug-likeness (QED) is 0.519. The fourth-order valence-electron chi connectivity index (χ4n) is 3.95. The molecule has 0 aromatic rings. The molecule has 0 bridgehead atoms. The van der Waals surface area contributed by atoms with E-state index in [0.717, 1.165) is 65.0 Å². The molecule has 0 spiro atoms. The molecule has 23 heavy (non-hydrogen) atoms. The summed E-state index contributed by atoms with van der Waals surface area (Å²) in [5.74, 6) is 0.317. The lowest BCUT2D eigenvalue weighted by Crippen LogP contribution is -2.49. The molecular weight excluding hydrogens is 294 g/mol. The molecule has 130 valence electrons. The molecule has 3 aliphatic heterocycles. The Labute approximate surface area is 138 Å². The standard InChI is InChI=1S/C16H29N5O2/c22-15-13-3-1-9-20(13)11-12-21-10-2-4-14(21)16(23)19-8-6-17-5-7-18-15/h13-14,17H,1-12H2,(H,18,22)(H,19,23)/t13-,14-/m0/s1. The molecule has 2 amide bonds. The molecule has 7 nitrogen and oxygen atoms in total. The summed E-state index contributed by atoms with van der Waals surface area (Å²) in [6, 6.07) is 0.0185. The van der Waals surface area contributed by atoms with Gasteiger partial charge in [-0.25, -0.2) is 0 Å². The molecule has 3 N–H and O–H groups in total. The topological polar surface area (TPSA) is 76.7 Å². The average molecular weight is 323 g/mol. The molecule has 3 heterocycles. The molecule has 0 aromatic carbocycles. The van der Waals surface area contributed by atoms with E-state index in [2.05, 4.69) is 25.8 Å². The highest BCUT2D eigenvalue weighted by molar-refractivity contribution is 5.82. The highest BCUT2D eigenvalue weighted by atomic mass is 16.2. The maximum absolute atomic E-state index is 12.4. The van der Waals surface area contributed by atoms with Gasteiger partial charge in [-0.2, -0.15) is 0 Å². The lowest BCUT2D eigenvalue weighted by molar-refractivity contribution is -0.127. The van der Waals surface area contributed by atoms with Crippen molar-refractivity contribution in [2.45, 2.75) is 37.8 Å². The highest BCUT2D eigenvalue weighted by Crippen LogP contribution is 2.20. The Morgan fingerprint density at radius 1 is 0.696 bits per heavy atom. The monoisotopic (exact) mass is 323 g/mol. The molecule has 2 atom stereocenters. The maximum Gasteiger partial charge on any atom is 0.237 e. The van der Waals surface area contributed by atoms with E-state index in [1.54, 1.807) is 0 Å². The van der Waals surface area contributed by atoms with Gasteiger partial charge in [-0.15, -0.1) is 0 Å². The Morgan fingerprint density at radius 2 is 1.17 bits per heavy atom. The van der Waals surface area contributed by atoms with Crippen LogP contribution in [0.3, 0.4) is 0 Å². The van der Waals surface area contributed by atoms with Gasteiger partial charge in [0.05, 0.1) is 12.1 Å². The second-order valence-corrected chi connectivity index (χ2v) is 6.72. The first-order chi connectivity index (χ1) is 11.3. The highest BCUT2D eigenvalue weighted by Gasteiger charge is 2.34. The van der Waals surface area contributed by atoms with Gasteiger partial charge in [-0.05, 0) is 38.8 Å². The zero-order chi connectivity index (χ0) is 16.1. The molecule has 7 heteroatoms. The molecule has 0 radical (unpaired) electrons. The third-order valence-electron chi connectivity index (χ3n) is 5.21. The predicted molar refractivity (Wildman–Crippen MR) is 88.1 cm³/mol. The van der Waals surface area contributed by atoms with E-state index < -0.39 is 0 Å². The summed E-state index contributed by atoms with van der Waals surface area (Å²) in [7, 11) is 0. The van der Waals surface area contributed by atoms with Gasteiger partial charge >= 0.3 is 0 Å². The summed E-state index contributed by atoms with van der Waals surface area (Å²) < 4.78 is 0. The van der Waals surface area contributed by atoms with Crippen LogP contribution in [0.2, 0.25) is 0 Å². The number of nitrogens with zero attached hydrogens (tertiary/aromatic N) is 2. The van der Waals surface area contributed by atoms with Gasteiger partial charge in [0.1, 0.15) is 0 Å². The van der Waals surface area contributed by atoms with Crippen LogP contribution < -0.4 is 16.0 Å². The third kappa shape index (κ3) is 4.22. The normalized spacial score (nSPS) is 32.3. The lowest BCUT2D eigenvalue weighted by Gasteiger charge is -2.28. The lowest BCUT2D eigenvalue weighted by atomic mass is 10.2. The molecule has 3 saturated heterocycles. The van der Waals surface area contributed by atoms with Gasteiger partial charge in [0.25, 0.3) is 0 Å². The SMILES string of the molecule is O=C1NCCNCCNC(=O)[C@@H]2CCCN2CCN2CCC[C@@H]12. The van der Waals surface area contributed by atoms with E-state index in [-0.39, 0.29) is 23.9 Å². The van der Waals surface area contributed by atoms with E-state index >= 15 is 0 Å². The average Bonchev–Trinajstić information content (AvgIpc) is 3.19. The number of carbonyl (C=O) groups excluding carboxylic acids is 2. The summed E-state index contributed by atoms with van der Waals surface area (Å²) in [6.07, 6.45) is 4.06. The largest absolute Gasteiger partial charge is 0.353 e. The van der Waals surface area contributed by atoms with E-state index in [1.807, 2.05) is 0 Å². The summed E-state index contributed by atoms with van der Waals surface area (Å²) in [4.78, 5) is 29.3. The van der Waals surface area contributed by atoms with Crippen molar-refractivity contribution >= 4 is 11.8 Å². The van der Waals surface area contributed by atoms with E-state index in [4.69, 9.17) is 0 Å². The molecule has 0 saturated carbocycles. The second-order valence-electron chi connectivity index (χ2n) is 6.72. The first kappa shape index (κ1) is 16.7. The van der Waals surface area contributed by atoms with Crippen molar-refractivity contribution in [3.63, 3.8) is 0 Å². The summed E-state index contributed by atoms with van der Waals surface area (Å²) >= 11 is 0. The number of hydrogen-bond acceptors (Lipinski definition) is 5. The number of rotatable bonds is 0. The second kappa shape index (κ2) is 8.08. The Balaban J connectivity index is 1.64. The summed E-state index contributed by atoms with van der Waals surface area (Å²) in [6.45, 7) is 6.49. The minimum absolute atomic E-state index is 0.00927. The fourth-order valence-corrected chi connectivity index (χ4v) is 3.95. The van der Waals surface area contributed by atoms with Gasteiger partial charge < -0.3 is 16.0 Å². The van der Waals surface area contributed by atoms with Crippen LogP contribution in [0.5, 0.6) is 0 Å². The van der Waals surface area contributed by atoms with Crippen LogP contribution in [-0.2, 0) is 9.59 Å². The smallest absolute Gasteiger partial charge is 0.237 e. The third-order valence-corrected chi connectivity index (χ3v) is 5.21. The summed E-state index contributed by atoms with van der Waals surface area (Å²) in [5.41, 5.74) is 0. The van der Waals surface area contributed by atoms with Crippen LogP contribution in [0.25, 0.3) is 0 Å². The first-order valence-corrected chi connectivity index (χ1v) is 9.00. The molecule has 0 aromatic heterocycles. The zero-order valence-corrected chi connectivity index (χ0v) is 13.9. The fraction of sp³-hybridized carbons (Fsp3) is 0.875. The van der Waals surface area contributed by atoms with Gasteiger partial charge in [0, 0.05) is 39.3 Å². The summed E-state index contributed by atoms with van der Waals surface area (Å²) in [5, 5.41) is 9.33. The number of amides is 2. The van der Waals surface area contributed by atoms with Crippen molar-refractivity contribution in [3.8, 4) is 0 Å². The Hall–Kier alpha value is -1.18. The minimum Gasteiger partial charge on any atom is -0.353 e. The van der Waals surface area contributed by atoms with Crippen LogP contribution in [0.1, 0.15) is 25.7 Å². The van der Waals surface area contributed by atoms with Gasteiger partial charge in [-0.3, -0.25) is 19.4 Å². The van der Waals surface area contributed by atoms with Crippen molar-refractivity contribution in [3.05, 3.63) is 0 Å². The van der Waals surface area contributed by atoms with E-state index in [0.29, 0.717) is 13.1 Å². The van der Waals surface area contributed by atoms with E-state index in [1.165, 1.54) is 0 Å². The van der Waals surface area contributed by atoms with Crippen LogP contribution in [0.15, 0.2) is 0 Å². The number of nitrogens with one attached hydrogen (secondary N) is 3. The number of carbonyl (C=O) groups is 2. The zero-order valence-electron chi connectivity index (χ0n) is 13.9. The number of hydrogen-bond donors (Lipinski definition) is 3. The van der Waals surface area contributed by atoms with Crippen molar-refractivity contribution < 1.29 is 9.59 Å². The van der Waals surface area contributed by atoms with E-state index in [9.17, 15) is 9.59 Å². The van der Waals surface area contributed by atoms with Crippen molar-refractivity contribution in [1.82, 2.24) is 25.8 Å². The number of fused-ring (bicyclic) bond motifs is 2. The Kier molecular flexibility index (Phi) is 5.85. The van der Waals surface area contributed by atoms with Gasteiger partial charge in [0.15, 0.2) is 0 Å². The van der Waals surface area contributed by atoms with Crippen LogP contribution >= 0.6 is 0 Å². The van der Waals surface area contributed by atoms with Gasteiger partial charge in [-0.1, -0.05) is 0 Å². The molecular formula is C16H29N5O2. The molecule has 3 rings (SSSR count). The van der Waals surface area contributed by atoms with Gasteiger partial charge in [0.2, 0.25) is 11.8 Å². The van der Waals surface area contributed by atoms with Crippen LogP contribution in [-0.4, -0.2) is 86.1 Å². The molecule has 3 fully saturated rings. The van der Waals surface area contributed by atoms with Crippen LogP contribution in [0.4, 0.5) is 0 Å². The van der Waals surface area contributed by atoms with Crippen molar-refractivity contribution in [2.24, 2.45) is 0 Å². The molecule has 0 aliphatic carbocycles. The van der Waals surface area contributed by atoms with Crippen LogP contribution in [0, 0.1) is 0 Å². The van der Waals surface area contributed by atoms with Crippen molar-refractivity contribution in [1.29, 1.82) is 0 Å². The Morgan fingerprint density at radius 3 is 1.65 bits per heavy atom. The van der Waals surface area contributed by atoms with Crippen molar-refractivity contribution in [2.75, 3.05) is 52.4 Å². The molecule has 3 aliphatic rings.